The number of rotatable bonds is 8. The van der Waals surface area contributed by atoms with Crippen molar-refractivity contribution in [3.63, 3.8) is 0 Å². The Bertz CT molecular complexity index is 393. The van der Waals surface area contributed by atoms with Gasteiger partial charge in [0.1, 0.15) is 0 Å². The second-order valence-electron chi connectivity index (χ2n) is 8.67. The molecule has 2 unspecified atom stereocenters. The van der Waals surface area contributed by atoms with Gasteiger partial charge in [0, 0.05) is 45.8 Å². The summed E-state index contributed by atoms with van der Waals surface area (Å²) in [7, 11) is 1.89. The van der Waals surface area contributed by atoms with Crippen molar-refractivity contribution in [3.8, 4) is 0 Å². The third kappa shape index (κ3) is 7.83. The SMILES string of the molecule is CCCN1CCC(NC(=NC)NCCCCN2CC(C)CC(C)C2)CC1. The van der Waals surface area contributed by atoms with Crippen LogP contribution in [-0.4, -0.2) is 74.7 Å². The molecule has 0 aromatic rings. The number of hydrogen-bond acceptors (Lipinski definition) is 3. The van der Waals surface area contributed by atoms with E-state index in [9.17, 15) is 0 Å². The van der Waals surface area contributed by atoms with Crippen LogP contribution in [0.1, 0.15) is 59.3 Å². The minimum atomic E-state index is 0.575. The number of likely N-dealkylation sites (tertiary alicyclic amines) is 2. The van der Waals surface area contributed by atoms with Crippen LogP contribution < -0.4 is 10.6 Å². The van der Waals surface area contributed by atoms with Gasteiger partial charge in [0.05, 0.1) is 0 Å². The van der Waals surface area contributed by atoms with Crippen LogP contribution in [0.4, 0.5) is 0 Å². The molecule has 0 radical (unpaired) electrons. The summed E-state index contributed by atoms with van der Waals surface area (Å²) < 4.78 is 0. The summed E-state index contributed by atoms with van der Waals surface area (Å²) in [5, 5.41) is 7.14. The van der Waals surface area contributed by atoms with Crippen LogP contribution in [0.3, 0.4) is 0 Å². The van der Waals surface area contributed by atoms with Gasteiger partial charge in [-0.15, -0.1) is 0 Å². The van der Waals surface area contributed by atoms with E-state index in [1.54, 1.807) is 0 Å². The first-order valence-electron chi connectivity index (χ1n) is 11.0. The van der Waals surface area contributed by atoms with E-state index in [4.69, 9.17) is 0 Å². The molecule has 0 bridgehead atoms. The minimum absolute atomic E-state index is 0.575. The van der Waals surface area contributed by atoms with Crippen molar-refractivity contribution in [2.45, 2.75) is 65.3 Å². The Labute approximate surface area is 162 Å². The largest absolute Gasteiger partial charge is 0.356 e. The van der Waals surface area contributed by atoms with Gasteiger partial charge in [-0.2, -0.15) is 0 Å². The zero-order valence-electron chi connectivity index (χ0n) is 17.8. The fourth-order valence-corrected chi connectivity index (χ4v) is 4.65. The maximum atomic E-state index is 4.42. The number of hydrogen-bond donors (Lipinski definition) is 2. The first-order valence-corrected chi connectivity index (χ1v) is 11.0. The quantitative estimate of drug-likeness (QED) is 0.394. The molecule has 2 rings (SSSR count). The molecular formula is C21H43N5. The van der Waals surface area contributed by atoms with Crippen molar-refractivity contribution in [2.24, 2.45) is 16.8 Å². The smallest absolute Gasteiger partial charge is 0.191 e. The van der Waals surface area contributed by atoms with Gasteiger partial charge in [-0.3, -0.25) is 4.99 Å². The first kappa shape index (κ1) is 21.5. The van der Waals surface area contributed by atoms with E-state index in [1.807, 2.05) is 7.05 Å². The maximum absolute atomic E-state index is 4.42. The number of guanidine groups is 1. The molecule has 5 heteroatoms. The van der Waals surface area contributed by atoms with Crippen LogP contribution in [0.15, 0.2) is 4.99 Å². The van der Waals surface area contributed by atoms with Crippen molar-refractivity contribution in [1.29, 1.82) is 0 Å². The fourth-order valence-electron chi connectivity index (χ4n) is 4.65. The van der Waals surface area contributed by atoms with E-state index in [-0.39, 0.29) is 0 Å². The molecule has 5 nitrogen and oxygen atoms in total. The van der Waals surface area contributed by atoms with E-state index in [1.165, 1.54) is 77.8 Å². The highest BCUT2D eigenvalue weighted by Crippen LogP contribution is 2.20. The molecule has 152 valence electrons. The average molecular weight is 366 g/mol. The molecule has 2 aliphatic rings. The van der Waals surface area contributed by atoms with Crippen molar-refractivity contribution in [2.75, 3.05) is 52.9 Å². The van der Waals surface area contributed by atoms with E-state index in [0.717, 1.165) is 24.3 Å². The molecule has 0 spiro atoms. The molecule has 2 aliphatic heterocycles. The second kappa shape index (κ2) is 11.8. The summed E-state index contributed by atoms with van der Waals surface area (Å²) in [6, 6.07) is 0.575. The summed E-state index contributed by atoms with van der Waals surface area (Å²) >= 11 is 0. The summed E-state index contributed by atoms with van der Waals surface area (Å²) in [5.74, 6) is 2.71. The zero-order valence-corrected chi connectivity index (χ0v) is 17.8. The molecule has 2 fully saturated rings. The fraction of sp³-hybridized carbons (Fsp3) is 0.952. The maximum Gasteiger partial charge on any atom is 0.191 e. The van der Waals surface area contributed by atoms with E-state index >= 15 is 0 Å². The minimum Gasteiger partial charge on any atom is -0.356 e. The van der Waals surface area contributed by atoms with Gasteiger partial charge in [0.2, 0.25) is 0 Å². The van der Waals surface area contributed by atoms with Crippen molar-refractivity contribution in [3.05, 3.63) is 0 Å². The molecule has 0 aliphatic carbocycles. The molecule has 26 heavy (non-hydrogen) atoms. The van der Waals surface area contributed by atoms with E-state index in [0.29, 0.717) is 6.04 Å². The van der Waals surface area contributed by atoms with Gasteiger partial charge in [-0.05, 0) is 63.5 Å². The van der Waals surface area contributed by atoms with Crippen LogP contribution in [0.25, 0.3) is 0 Å². The number of nitrogens with one attached hydrogen (secondary N) is 2. The lowest BCUT2D eigenvalue weighted by molar-refractivity contribution is 0.139. The number of piperidine rings is 2. The van der Waals surface area contributed by atoms with Gasteiger partial charge in [-0.1, -0.05) is 20.8 Å². The third-order valence-corrected chi connectivity index (χ3v) is 5.83. The second-order valence-corrected chi connectivity index (χ2v) is 8.67. The molecule has 2 saturated heterocycles. The standard InChI is InChI=1S/C21H43N5/c1-5-11-25-13-8-20(9-14-25)24-21(22-4)23-10-6-7-12-26-16-18(2)15-19(3)17-26/h18-20H,5-17H2,1-4H3,(H2,22,23,24). The van der Waals surface area contributed by atoms with Crippen LogP contribution in [0.5, 0.6) is 0 Å². The number of nitrogens with zero attached hydrogens (tertiary/aromatic N) is 3. The van der Waals surface area contributed by atoms with Crippen molar-refractivity contribution >= 4 is 5.96 Å². The highest BCUT2D eigenvalue weighted by Gasteiger charge is 2.21. The Morgan fingerprint density at radius 2 is 1.69 bits per heavy atom. The highest BCUT2D eigenvalue weighted by atomic mass is 15.2. The van der Waals surface area contributed by atoms with Gasteiger partial charge >= 0.3 is 0 Å². The van der Waals surface area contributed by atoms with E-state index in [2.05, 4.69) is 46.2 Å². The van der Waals surface area contributed by atoms with Crippen LogP contribution in [0, 0.1) is 11.8 Å². The Hall–Kier alpha value is -0.810. The average Bonchev–Trinajstić information content (AvgIpc) is 2.61. The van der Waals surface area contributed by atoms with Crippen LogP contribution >= 0.6 is 0 Å². The topological polar surface area (TPSA) is 42.9 Å². The predicted octanol–water partition coefficient (Wildman–Crippen LogP) is 2.78. The lowest BCUT2D eigenvalue weighted by Crippen LogP contribution is -2.49. The monoisotopic (exact) mass is 365 g/mol. The van der Waals surface area contributed by atoms with Gasteiger partial charge in [0.25, 0.3) is 0 Å². The third-order valence-electron chi connectivity index (χ3n) is 5.83. The molecule has 0 aromatic heterocycles. The number of unbranched alkanes of at least 4 members (excludes halogenated alkanes) is 1. The van der Waals surface area contributed by atoms with Crippen LogP contribution in [-0.2, 0) is 0 Å². The normalized spacial score (nSPS) is 26.8. The number of aliphatic imine (C=N–C) groups is 1. The lowest BCUT2D eigenvalue weighted by Gasteiger charge is -2.35. The van der Waals surface area contributed by atoms with Gasteiger partial charge in [0.15, 0.2) is 5.96 Å². The highest BCUT2D eigenvalue weighted by molar-refractivity contribution is 5.79. The molecule has 0 amide bonds. The van der Waals surface area contributed by atoms with Gasteiger partial charge in [-0.25, -0.2) is 0 Å². The molecule has 2 N–H and O–H groups in total. The summed E-state index contributed by atoms with van der Waals surface area (Å²) in [4.78, 5) is 9.66. The van der Waals surface area contributed by atoms with Crippen LogP contribution in [0.2, 0.25) is 0 Å². The Morgan fingerprint density at radius 1 is 1.00 bits per heavy atom. The Morgan fingerprint density at radius 3 is 2.31 bits per heavy atom. The predicted molar refractivity (Wildman–Crippen MR) is 113 cm³/mol. The van der Waals surface area contributed by atoms with E-state index < -0.39 is 0 Å². The Kier molecular flexibility index (Phi) is 9.76. The lowest BCUT2D eigenvalue weighted by atomic mass is 9.92. The van der Waals surface area contributed by atoms with Crippen molar-refractivity contribution in [1.82, 2.24) is 20.4 Å². The zero-order chi connectivity index (χ0) is 18.8. The summed E-state index contributed by atoms with van der Waals surface area (Å²) in [5.41, 5.74) is 0. The molecular weight excluding hydrogens is 322 g/mol. The molecule has 2 atom stereocenters. The first-order chi connectivity index (χ1) is 12.6. The summed E-state index contributed by atoms with van der Waals surface area (Å²) in [6.07, 6.45) is 7.61. The molecule has 0 aromatic carbocycles. The summed E-state index contributed by atoms with van der Waals surface area (Å²) in [6.45, 7) is 15.6. The Balaban J connectivity index is 1.55. The molecule has 0 saturated carbocycles. The van der Waals surface area contributed by atoms with Crippen molar-refractivity contribution < 1.29 is 0 Å². The van der Waals surface area contributed by atoms with Gasteiger partial charge < -0.3 is 20.4 Å². The molecule has 2 heterocycles.